The number of rotatable bonds is 9. The fraction of sp³-hybridized carbons (Fsp3) is 0.462. The number of aliphatic hydroxyl groups excluding tert-OH is 1. The number of para-hydroxylation sites is 1. The average molecular weight is 434 g/mol. The van der Waals surface area contributed by atoms with Crippen LogP contribution in [-0.4, -0.2) is 47.8 Å². The van der Waals surface area contributed by atoms with E-state index in [1.165, 1.54) is 0 Å². The van der Waals surface area contributed by atoms with Crippen LogP contribution in [0.25, 0.3) is 10.9 Å². The van der Waals surface area contributed by atoms with Crippen molar-refractivity contribution >= 4 is 22.7 Å². The van der Waals surface area contributed by atoms with Crippen molar-refractivity contribution in [3.05, 3.63) is 60.2 Å². The van der Waals surface area contributed by atoms with E-state index in [4.69, 9.17) is 9.97 Å². The van der Waals surface area contributed by atoms with Gasteiger partial charge in [-0.05, 0) is 62.8 Å². The highest BCUT2D eigenvalue weighted by Gasteiger charge is 2.22. The Bertz CT molecular complexity index is 986. The third-order valence-corrected chi connectivity index (χ3v) is 6.34. The molecule has 1 saturated carbocycles. The lowest BCUT2D eigenvalue weighted by atomic mass is 9.91. The van der Waals surface area contributed by atoms with Gasteiger partial charge in [0.15, 0.2) is 0 Å². The number of aliphatic hydroxyl groups is 1. The first-order valence-electron chi connectivity index (χ1n) is 11.8. The van der Waals surface area contributed by atoms with Gasteiger partial charge in [-0.1, -0.05) is 42.5 Å². The molecule has 3 aromatic rings. The molecule has 1 aromatic heterocycles. The first-order chi connectivity index (χ1) is 15.6. The van der Waals surface area contributed by atoms with Gasteiger partial charge in [-0.3, -0.25) is 0 Å². The summed E-state index contributed by atoms with van der Waals surface area (Å²) in [5, 5.41) is 18.6. The Morgan fingerprint density at radius 1 is 0.938 bits per heavy atom. The molecule has 0 amide bonds. The molecule has 2 aromatic carbocycles. The number of hydrogen-bond acceptors (Lipinski definition) is 6. The van der Waals surface area contributed by atoms with E-state index < -0.39 is 0 Å². The SMILES string of the molecule is CN(C)c1nc(NC2CCC(NCCCC(O)c3ccccc3)CC2)nc2ccccc12. The second-order valence-corrected chi connectivity index (χ2v) is 9.00. The predicted molar refractivity (Wildman–Crippen MR) is 132 cm³/mol. The third kappa shape index (κ3) is 5.75. The Morgan fingerprint density at radius 2 is 1.62 bits per heavy atom. The number of nitrogens with one attached hydrogen (secondary N) is 2. The van der Waals surface area contributed by atoms with Crippen molar-refractivity contribution in [3.63, 3.8) is 0 Å². The van der Waals surface area contributed by atoms with Gasteiger partial charge in [-0.25, -0.2) is 4.98 Å². The molecule has 0 bridgehead atoms. The van der Waals surface area contributed by atoms with E-state index in [9.17, 15) is 5.11 Å². The Labute approximate surface area is 191 Å². The van der Waals surface area contributed by atoms with Crippen LogP contribution in [0.1, 0.15) is 50.2 Å². The molecule has 1 heterocycles. The summed E-state index contributed by atoms with van der Waals surface area (Å²) in [4.78, 5) is 11.6. The maximum absolute atomic E-state index is 10.3. The van der Waals surface area contributed by atoms with Gasteiger partial charge in [0.1, 0.15) is 5.82 Å². The standard InChI is InChI=1S/C26H35N5O/c1-31(2)25-22-11-6-7-12-23(22)29-26(30-25)28-21-16-14-20(15-17-21)27-18-8-13-24(32)19-9-4-3-5-10-19/h3-7,9-12,20-21,24,27,32H,8,13-18H2,1-2H3,(H,28,29,30). The molecular weight excluding hydrogens is 398 g/mol. The van der Waals surface area contributed by atoms with Crippen LogP contribution in [0.3, 0.4) is 0 Å². The summed E-state index contributed by atoms with van der Waals surface area (Å²) < 4.78 is 0. The van der Waals surface area contributed by atoms with Crippen LogP contribution in [0, 0.1) is 0 Å². The monoisotopic (exact) mass is 433 g/mol. The molecule has 0 aliphatic heterocycles. The minimum atomic E-state index is -0.369. The Morgan fingerprint density at radius 3 is 2.38 bits per heavy atom. The van der Waals surface area contributed by atoms with Crippen LogP contribution < -0.4 is 15.5 Å². The molecule has 1 unspecified atom stereocenters. The molecule has 4 rings (SSSR count). The summed E-state index contributed by atoms with van der Waals surface area (Å²) in [6.07, 6.45) is 5.91. The van der Waals surface area contributed by atoms with Crippen LogP contribution in [0.2, 0.25) is 0 Å². The lowest BCUT2D eigenvalue weighted by Crippen LogP contribution is -2.37. The topological polar surface area (TPSA) is 73.3 Å². The van der Waals surface area contributed by atoms with Gasteiger partial charge in [-0.15, -0.1) is 0 Å². The highest BCUT2D eigenvalue weighted by molar-refractivity contribution is 5.90. The Kier molecular flexibility index (Phi) is 7.55. The lowest BCUT2D eigenvalue weighted by Gasteiger charge is -2.30. The normalized spacial score (nSPS) is 19.6. The summed E-state index contributed by atoms with van der Waals surface area (Å²) in [6.45, 7) is 0.951. The van der Waals surface area contributed by atoms with Gasteiger partial charge in [-0.2, -0.15) is 4.98 Å². The van der Waals surface area contributed by atoms with Crippen molar-refractivity contribution in [2.75, 3.05) is 30.9 Å². The number of nitrogens with zero attached hydrogens (tertiary/aromatic N) is 3. The zero-order valence-electron chi connectivity index (χ0n) is 19.2. The minimum Gasteiger partial charge on any atom is -0.388 e. The Balaban J connectivity index is 1.22. The average Bonchev–Trinajstić information content (AvgIpc) is 2.82. The molecule has 1 atom stereocenters. The summed E-state index contributed by atoms with van der Waals surface area (Å²) >= 11 is 0. The fourth-order valence-corrected chi connectivity index (χ4v) is 4.53. The zero-order valence-corrected chi connectivity index (χ0v) is 19.2. The third-order valence-electron chi connectivity index (χ3n) is 6.34. The van der Waals surface area contributed by atoms with E-state index in [0.29, 0.717) is 12.1 Å². The van der Waals surface area contributed by atoms with Crippen molar-refractivity contribution in [1.29, 1.82) is 0 Å². The molecule has 1 fully saturated rings. The smallest absolute Gasteiger partial charge is 0.225 e. The summed E-state index contributed by atoms with van der Waals surface area (Å²) in [7, 11) is 4.04. The van der Waals surface area contributed by atoms with Crippen LogP contribution in [0.4, 0.5) is 11.8 Å². The molecule has 6 heteroatoms. The van der Waals surface area contributed by atoms with Crippen LogP contribution >= 0.6 is 0 Å². The van der Waals surface area contributed by atoms with Gasteiger partial charge < -0.3 is 20.6 Å². The maximum atomic E-state index is 10.3. The molecule has 6 nitrogen and oxygen atoms in total. The summed E-state index contributed by atoms with van der Waals surface area (Å²) in [6, 6.07) is 19.1. The van der Waals surface area contributed by atoms with Crippen LogP contribution in [0.5, 0.6) is 0 Å². The number of anilines is 2. The van der Waals surface area contributed by atoms with Gasteiger partial charge in [0, 0.05) is 31.6 Å². The molecule has 32 heavy (non-hydrogen) atoms. The van der Waals surface area contributed by atoms with Crippen molar-refractivity contribution in [3.8, 4) is 0 Å². The second-order valence-electron chi connectivity index (χ2n) is 9.00. The maximum Gasteiger partial charge on any atom is 0.225 e. The number of fused-ring (bicyclic) bond motifs is 1. The van der Waals surface area contributed by atoms with Gasteiger partial charge in [0.2, 0.25) is 5.95 Å². The predicted octanol–water partition coefficient (Wildman–Crippen LogP) is 4.52. The quantitative estimate of drug-likeness (QED) is 0.431. The Hall–Kier alpha value is -2.70. The number of aromatic nitrogens is 2. The van der Waals surface area contributed by atoms with Crippen molar-refractivity contribution in [2.45, 2.75) is 56.7 Å². The molecule has 0 radical (unpaired) electrons. The van der Waals surface area contributed by atoms with E-state index >= 15 is 0 Å². The molecule has 3 N–H and O–H groups in total. The van der Waals surface area contributed by atoms with Gasteiger partial charge >= 0.3 is 0 Å². The van der Waals surface area contributed by atoms with Crippen LogP contribution in [-0.2, 0) is 0 Å². The first-order valence-corrected chi connectivity index (χ1v) is 11.8. The van der Waals surface area contributed by atoms with Crippen LogP contribution in [0.15, 0.2) is 54.6 Å². The van der Waals surface area contributed by atoms with Crippen molar-refractivity contribution in [2.24, 2.45) is 0 Å². The highest BCUT2D eigenvalue weighted by Crippen LogP contribution is 2.26. The summed E-state index contributed by atoms with van der Waals surface area (Å²) in [5.41, 5.74) is 1.98. The molecule has 1 aliphatic rings. The zero-order chi connectivity index (χ0) is 22.3. The molecule has 0 saturated heterocycles. The van der Waals surface area contributed by atoms with E-state index in [2.05, 4.69) is 16.7 Å². The first kappa shape index (κ1) is 22.5. The molecular formula is C26H35N5O. The molecule has 0 spiro atoms. The second kappa shape index (κ2) is 10.7. The van der Waals surface area contributed by atoms with Crippen molar-refractivity contribution < 1.29 is 5.11 Å². The minimum absolute atomic E-state index is 0.369. The number of hydrogen-bond donors (Lipinski definition) is 3. The van der Waals surface area contributed by atoms with E-state index in [1.54, 1.807) is 0 Å². The molecule has 1 aliphatic carbocycles. The van der Waals surface area contributed by atoms with Gasteiger partial charge in [0.05, 0.1) is 11.6 Å². The fourth-order valence-electron chi connectivity index (χ4n) is 4.53. The highest BCUT2D eigenvalue weighted by atomic mass is 16.3. The number of benzene rings is 2. The van der Waals surface area contributed by atoms with Gasteiger partial charge in [0.25, 0.3) is 0 Å². The lowest BCUT2D eigenvalue weighted by molar-refractivity contribution is 0.163. The van der Waals surface area contributed by atoms with E-state index in [0.717, 1.165) is 73.3 Å². The molecule has 170 valence electrons. The van der Waals surface area contributed by atoms with Crippen molar-refractivity contribution in [1.82, 2.24) is 15.3 Å². The summed E-state index contributed by atoms with van der Waals surface area (Å²) in [5.74, 6) is 1.67. The van der Waals surface area contributed by atoms with E-state index in [-0.39, 0.29) is 6.10 Å². The largest absolute Gasteiger partial charge is 0.388 e. The van der Waals surface area contributed by atoms with E-state index in [1.807, 2.05) is 67.5 Å².